The van der Waals surface area contributed by atoms with Crippen LogP contribution in [0.4, 0.5) is 0 Å². The number of carbonyl (C=O) groups excluding carboxylic acids is 1. The summed E-state index contributed by atoms with van der Waals surface area (Å²) >= 11 is 0. The number of aromatic amines is 1. The van der Waals surface area contributed by atoms with Gasteiger partial charge in [-0.15, -0.1) is 0 Å². The number of amides is 1. The minimum atomic E-state index is -0.166. The van der Waals surface area contributed by atoms with Gasteiger partial charge in [0.05, 0.1) is 36.3 Å². The molecule has 128 valence electrons. The number of benzene rings is 1. The van der Waals surface area contributed by atoms with Crippen molar-refractivity contribution < 1.29 is 9.53 Å². The Morgan fingerprint density at radius 1 is 1.25 bits per heavy atom. The summed E-state index contributed by atoms with van der Waals surface area (Å²) < 4.78 is 5.64. The molecule has 4 rings (SSSR count). The minimum Gasteiger partial charge on any atom is -0.378 e. The lowest BCUT2D eigenvalue weighted by molar-refractivity contribution is 0.0823. The minimum absolute atomic E-state index is 0.00844. The highest BCUT2D eigenvalue weighted by atomic mass is 16.5. The van der Waals surface area contributed by atoms with Crippen LogP contribution in [0.1, 0.15) is 10.6 Å². The highest BCUT2D eigenvalue weighted by Crippen LogP contribution is 2.16. The molecule has 2 atom stereocenters. The van der Waals surface area contributed by atoms with Gasteiger partial charge in [-0.2, -0.15) is 0 Å². The first-order chi connectivity index (χ1) is 11.7. The summed E-state index contributed by atoms with van der Waals surface area (Å²) in [6.45, 7) is 5.38. The summed E-state index contributed by atoms with van der Waals surface area (Å²) in [5, 5.41) is 3.10. The number of fused-ring (bicyclic) bond motifs is 1. The van der Waals surface area contributed by atoms with Crippen LogP contribution in [0.2, 0.25) is 0 Å². The molecule has 7 heteroatoms. The number of H-pyrrole nitrogens is 1. The van der Waals surface area contributed by atoms with Gasteiger partial charge in [0.25, 0.3) is 5.91 Å². The third-order valence-electron chi connectivity index (χ3n) is 4.98. The van der Waals surface area contributed by atoms with Crippen molar-refractivity contribution >= 4 is 16.9 Å². The van der Waals surface area contributed by atoms with Gasteiger partial charge in [0, 0.05) is 26.2 Å². The van der Waals surface area contributed by atoms with Crippen molar-refractivity contribution in [1.29, 1.82) is 0 Å². The molecule has 0 unspecified atom stereocenters. The maximum atomic E-state index is 12.6. The second-order valence-electron chi connectivity index (χ2n) is 6.63. The molecule has 1 amide bonds. The maximum Gasteiger partial charge on any atom is 0.287 e. The van der Waals surface area contributed by atoms with Gasteiger partial charge in [0.1, 0.15) is 0 Å². The Balaban J connectivity index is 1.44. The topological polar surface area (TPSA) is 73.5 Å². The van der Waals surface area contributed by atoms with E-state index in [1.807, 2.05) is 24.3 Å². The quantitative estimate of drug-likeness (QED) is 0.848. The average Bonchev–Trinajstić information content (AvgIpc) is 3.22. The van der Waals surface area contributed by atoms with Gasteiger partial charge >= 0.3 is 0 Å². The zero-order chi connectivity index (χ0) is 16.5. The third-order valence-corrected chi connectivity index (χ3v) is 4.98. The van der Waals surface area contributed by atoms with Gasteiger partial charge in [-0.1, -0.05) is 12.1 Å². The summed E-state index contributed by atoms with van der Waals surface area (Å²) in [5.74, 6) is 0.195. The lowest BCUT2D eigenvalue weighted by atomic mass is 10.1. The summed E-state index contributed by atoms with van der Waals surface area (Å²) in [5.41, 5.74) is 1.68. The van der Waals surface area contributed by atoms with Crippen LogP contribution in [-0.4, -0.2) is 84.2 Å². The van der Waals surface area contributed by atoms with E-state index in [9.17, 15) is 4.79 Å². The van der Waals surface area contributed by atoms with E-state index < -0.39 is 0 Å². The predicted octanol–water partition coefficient (Wildman–Crippen LogP) is 0.308. The first-order valence-electron chi connectivity index (χ1n) is 8.46. The molecule has 1 aromatic carbocycles. The largest absolute Gasteiger partial charge is 0.378 e. The number of likely N-dealkylation sites (N-methyl/N-ethyl adjacent to an activating group) is 1. The first kappa shape index (κ1) is 15.6. The molecule has 0 spiro atoms. The number of aromatic nitrogens is 2. The van der Waals surface area contributed by atoms with E-state index in [0.29, 0.717) is 19.0 Å². The molecule has 0 radical (unpaired) electrons. The molecule has 1 aromatic heterocycles. The number of rotatable bonds is 3. The van der Waals surface area contributed by atoms with Crippen LogP contribution in [0, 0.1) is 0 Å². The second kappa shape index (κ2) is 6.51. The molecule has 0 aliphatic carbocycles. The maximum absolute atomic E-state index is 12.6. The van der Waals surface area contributed by atoms with Gasteiger partial charge < -0.3 is 19.9 Å². The SMILES string of the molecule is CN1CCN([C@H]2COC[C@@H]2NC(=O)c2nc3ccccc3[nH]2)CC1. The molecule has 7 nitrogen and oxygen atoms in total. The van der Waals surface area contributed by atoms with E-state index in [0.717, 1.165) is 37.2 Å². The van der Waals surface area contributed by atoms with Crippen molar-refractivity contribution in [2.24, 2.45) is 0 Å². The van der Waals surface area contributed by atoms with Crippen molar-refractivity contribution in [3.05, 3.63) is 30.1 Å². The fourth-order valence-electron chi connectivity index (χ4n) is 3.49. The average molecular weight is 329 g/mol. The van der Waals surface area contributed by atoms with E-state index in [4.69, 9.17) is 4.74 Å². The molecular formula is C17H23N5O2. The molecule has 2 aliphatic rings. The number of hydrogen-bond donors (Lipinski definition) is 2. The Morgan fingerprint density at radius 2 is 2.04 bits per heavy atom. The fourth-order valence-corrected chi connectivity index (χ4v) is 3.49. The Morgan fingerprint density at radius 3 is 2.83 bits per heavy atom. The van der Waals surface area contributed by atoms with E-state index in [1.54, 1.807) is 0 Å². The summed E-state index contributed by atoms with van der Waals surface area (Å²) in [4.78, 5) is 24.8. The zero-order valence-corrected chi connectivity index (χ0v) is 13.9. The van der Waals surface area contributed by atoms with Crippen molar-refractivity contribution in [1.82, 2.24) is 25.1 Å². The van der Waals surface area contributed by atoms with E-state index in [1.165, 1.54) is 0 Å². The Hall–Kier alpha value is -1.96. The van der Waals surface area contributed by atoms with E-state index >= 15 is 0 Å². The Kier molecular flexibility index (Phi) is 4.22. The number of nitrogens with zero attached hydrogens (tertiary/aromatic N) is 3. The highest BCUT2D eigenvalue weighted by Gasteiger charge is 2.35. The smallest absolute Gasteiger partial charge is 0.287 e. The first-order valence-corrected chi connectivity index (χ1v) is 8.46. The summed E-state index contributed by atoms with van der Waals surface area (Å²) in [6, 6.07) is 7.91. The van der Waals surface area contributed by atoms with Gasteiger partial charge in [0.15, 0.2) is 5.82 Å². The van der Waals surface area contributed by atoms with Crippen LogP contribution in [0.3, 0.4) is 0 Å². The number of piperazine rings is 1. The molecule has 0 saturated carbocycles. The van der Waals surface area contributed by atoms with Crippen LogP contribution in [0.5, 0.6) is 0 Å². The number of para-hydroxylation sites is 2. The number of imidazole rings is 1. The Bertz CT molecular complexity index is 690. The molecule has 24 heavy (non-hydrogen) atoms. The van der Waals surface area contributed by atoms with Crippen LogP contribution < -0.4 is 5.32 Å². The molecule has 2 N–H and O–H groups in total. The highest BCUT2D eigenvalue weighted by molar-refractivity contribution is 5.94. The predicted molar refractivity (Wildman–Crippen MR) is 91.0 cm³/mol. The lowest BCUT2D eigenvalue weighted by Crippen LogP contribution is -2.56. The van der Waals surface area contributed by atoms with Gasteiger partial charge in [0.2, 0.25) is 0 Å². The van der Waals surface area contributed by atoms with Gasteiger partial charge in [-0.25, -0.2) is 4.98 Å². The van der Waals surface area contributed by atoms with Crippen molar-refractivity contribution in [3.8, 4) is 0 Å². The lowest BCUT2D eigenvalue weighted by Gasteiger charge is -2.37. The number of carbonyl (C=O) groups is 1. The Labute approximate surface area is 141 Å². The normalized spacial score (nSPS) is 26.0. The number of ether oxygens (including phenoxy) is 1. The summed E-state index contributed by atoms with van der Waals surface area (Å²) in [7, 11) is 2.14. The van der Waals surface area contributed by atoms with Gasteiger partial charge in [-0.3, -0.25) is 9.69 Å². The van der Waals surface area contributed by atoms with Crippen molar-refractivity contribution in [3.63, 3.8) is 0 Å². The molecule has 2 aromatic rings. The molecule has 0 bridgehead atoms. The number of nitrogens with one attached hydrogen (secondary N) is 2. The van der Waals surface area contributed by atoms with E-state index in [2.05, 4.69) is 32.1 Å². The van der Waals surface area contributed by atoms with Gasteiger partial charge in [-0.05, 0) is 19.2 Å². The molecule has 2 fully saturated rings. The van der Waals surface area contributed by atoms with Crippen molar-refractivity contribution in [2.45, 2.75) is 12.1 Å². The second-order valence-corrected chi connectivity index (χ2v) is 6.63. The molecule has 2 saturated heterocycles. The van der Waals surface area contributed by atoms with Crippen LogP contribution in [0.15, 0.2) is 24.3 Å². The van der Waals surface area contributed by atoms with Crippen LogP contribution in [0.25, 0.3) is 11.0 Å². The zero-order valence-electron chi connectivity index (χ0n) is 13.9. The number of hydrogen-bond acceptors (Lipinski definition) is 5. The van der Waals surface area contributed by atoms with Crippen molar-refractivity contribution in [2.75, 3.05) is 46.4 Å². The fraction of sp³-hybridized carbons (Fsp3) is 0.529. The molecular weight excluding hydrogens is 306 g/mol. The monoisotopic (exact) mass is 329 g/mol. The van der Waals surface area contributed by atoms with E-state index in [-0.39, 0.29) is 18.0 Å². The molecule has 3 heterocycles. The van der Waals surface area contributed by atoms with Crippen LogP contribution in [-0.2, 0) is 4.74 Å². The van der Waals surface area contributed by atoms with Crippen LogP contribution >= 0.6 is 0 Å². The summed E-state index contributed by atoms with van der Waals surface area (Å²) in [6.07, 6.45) is 0. The third kappa shape index (κ3) is 3.02. The molecule has 2 aliphatic heterocycles. The standard InChI is InChI=1S/C17H23N5O2/c1-21-6-8-22(9-7-21)15-11-24-10-14(15)20-17(23)16-18-12-4-2-3-5-13(12)19-16/h2-5,14-15H,6-11H2,1H3,(H,18,19)(H,20,23)/t14-,15-/m0/s1.